The van der Waals surface area contributed by atoms with Crippen LogP contribution in [0.3, 0.4) is 0 Å². The van der Waals surface area contributed by atoms with Crippen molar-refractivity contribution in [3.05, 3.63) is 53.4 Å². The quantitative estimate of drug-likeness (QED) is 0.833. The number of aromatic nitrogens is 2. The number of hydrogen-bond acceptors (Lipinski definition) is 4. The van der Waals surface area contributed by atoms with E-state index in [2.05, 4.69) is 15.3 Å². The smallest absolute Gasteiger partial charge is 0.269 e. The molecule has 4 rings (SSSR count). The van der Waals surface area contributed by atoms with E-state index in [9.17, 15) is 13.6 Å². The lowest BCUT2D eigenvalue weighted by Crippen LogP contribution is -2.45. The van der Waals surface area contributed by atoms with Crippen LogP contribution in [0.4, 0.5) is 8.78 Å². The molecule has 8 heteroatoms. The Balaban J connectivity index is 1.24. The minimum atomic E-state index is -0.813. The fraction of sp³-hybridized carbons (Fsp3) is 0.524. The molecule has 2 aliphatic rings. The molecule has 0 aliphatic carbocycles. The average Bonchev–Trinajstić information content (AvgIpc) is 3.31. The van der Waals surface area contributed by atoms with Gasteiger partial charge in [-0.1, -0.05) is 6.07 Å². The monoisotopic (exact) mass is 404 g/mol. The van der Waals surface area contributed by atoms with Crippen LogP contribution < -0.4 is 5.32 Å². The van der Waals surface area contributed by atoms with Crippen LogP contribution in [0.5, 0.6) is 0 Å². The largest absolute Gasteiger partial charge is 0.370 e. The Morgan fingerprint density at radius 1 is 1.24 bits per heavy atom. The fourth-order valence-electron chi connectivity index (χ4n) is 4.32. The van der Waals surface area contributed by atoms with Crippen LogP contribution in [-0.4, -0.2) is 51.9 Å². The molecule has 2 aliphatic heterocycles. The molecule has 6 nitrogen and oxygen atoms in total. The van der Waals surface area contributed by atoms with Gasteiger partial charge in [0.1, 0.15) is 5.69 Å². The Kier molecular flexibility index (Phi) is 5.65. The van der Waals surface area contributed by atoms with E-state index in [-0.39, 0.29) is 17.6 Å². The lowest BCUT2D eigenvalue weighted by atomic mass is 9.88. The molecule has 1 amide bonds. The van der Waals surface area contributed by atoms with E-state index in [4.69, 9.17) is 4.74 Å². The number of ether oxygens (including phenoxy) is 1. The number of nitrogens with zero attached hydrogens (tertiary/aromatic N) is 3. The van der Waals surface area contributed by atoms with Crippen LogP contribution in [0.2, 0.25) is 0 Å². The highest BCUT2D eigenvalue weighted by Gasteiger charge is 2.42. The van der Waals surface area contributed by atoms with Gasteiger partial charge in [-0.25, -0.2) is 8.78 Å². The summed E-state index contributed by atoms with van der Waals surface area (Å²) in [5.74, 6) is -1.76. The molecule has 1 aromatic carbocycles. The molecule has 1 spiro atoms. The highest BCUT2D eigenvalue weighted by molar-refractivity contribution is 5.92. The first-order valence-corrected chi connectivity index (χ1v) is 10.0. The second-order valence-corrected chi connectivity index (χ2v) is 8.04. The van der Waals surface area contributed by atoms with E-state index in [1.165, 1.54) is 12.1 Å². The molecule has 156 valence electrons. The number of hydrogen-bond donors (Lipinski definition) is 1. The lowest BCUT2D eigenvalue weighted by Gasteiger charge is -2.39. The first-order valence-electron chi connectivity index (χ1n) is 10.0. The number of benzene rings is 1. The zero-order valence-electron chi connectivity index (χ0n) is 16.5. The summed E-state index contributed by atoms with van der Waals surface area (Å²) >= 11 is 0. The number of amides is 1. The normalized spacial score (nSPS) is 21.6. The molecule has 0 saturated carbocycles. The van der Waals surface area contributed by atoms with Crippen LogP contribution in [0, 0.1) is 11.6 Å². The van der Waals surface area contributed by atoms with Crippen LogP contribution in [-0.2, 0) is 18.3 Å². The highest BCUT2D eigenvalue weighted by Crippen LogP contribution is 2.39. The van der Waals surface area contributed by atoms with Crippen LogP contribution >= 0.6 is 0 Å². The van der Waals surface area contributed by atoms with Gasteiger partial charge in [-0.3, -0.25) is 14.4 Å². The summed E-state index contributed by atoms with van der Waals surface area (Å²) in [6.45, 7) is 2.81. The molecule has 29 heavy (non-hydrogen) atoms. The van der Waals surface area contributed by atoms with E-state index in [0.29, 0.717) is 18.8 Å². The summed E-state index contributed by atoms with van der Waals surface area (Å²) in [7, 11) is 1.74. The van der Waals surface area contributed by atoms with E-state index in [1.807, 2.05) is 0 Å². The number of nitrogens with one attached hydrogen (secondary N) is 1. The molecule has 2 saturated heterocycles. The fourth-order valence-corrected chi connectivity index (χ4v) is 4.32. The molecule has 1 N–H and O–H groups in total. The van der Waals surface area contributed by atoms with Gasteiger partial charge in [0.15, 0.2) is 11.6 Å². The molecule has 2 fully saturated rings. The second-order valence-electron chi connectivity index (χ2n) is 8.04. The van der Waals surface area contributed by atoms with Gasteiger partial charge in [-0.2, -0.15) is 5.10 Å². The van der Waals surface area contributed by atoms with E-state index in [0.717, 1.165) is 44.3 Å². The van der Waals surface area contributed by atoms with Crippen molar-refractivity contribution in [1.29, 1.82) is 0 Å². The standard InChI is InChI=1S/C21H26F2N4O2/c1-26-19(5-9-25-26)20(28)24-13-16-4-6-21(29-16)7-10-27(11-8-21)14-15-2-3-17(22)18(23)12-15/h2-3,5,9,12,16H,4,6-8,10-11,13-14H2,1H3,(H,24,28). The van der Waals surface area contributed by atoms with Gasteiger partial charge in [-0.15, -0.1) is 0 Å². The van der Waals surface area contributed by atoms with E-state index >= 15 is 0 Å². The van der Waals surface area contributed by atoms with Crippen molar-refractivity contribution in [3.63, 3.8) is 0 Å². The van der Waals surface area contributed by atoms with Gasteiger partial charge in [0, 0.05) is 39.4 Å². The Morgan fingerprint density at radius 2 is 2.03 bits per heavy atom. The van der Waals surface area contributed by atoms with Gasteiger partial charge in [0.2, 0.25) is 0 Å². The van der Waals surface area contributed by atoms with Crippen LogP contribution in [0.15, 0.2) is 30.5 Å². The molecule has 2 aromatic rings. The first kappa shape index (κ1) is 20.0. The van der Waals surface area contributed by atoms with Crippen molar-refractivity contribution < 1.29 is 18.3 Å². The Labute approximate surface area is 168 Å². The van der Waals surface area contributed by atoms with Gasteiger partial charge >= 0.3 is 0 Å². The molecule has 0 bridgehead atoms. The maximum absolute atomic E-state index is 13.4. The van der Waals surface area contributed by atoms with Gasteiger partial charge < -0.3 is 10.1 Å². The number of carbonyl (C=O) groups is 1. The SMILES string of the molecule is Cn1nccc1C(=O)NCC1CCC2(CCN(Cc3ccc(F)c(F)c3)CC2)O1. The third-order valence-corrected chi connectivity index (χ3v) is 6.04. The van der Waals surface area contributed by atoms with Crippen molar-refractivity contribution >= 4 is 5.91 Å². The third kappa shape index (κ3) is 4.48. The number of carbonyl (C=O) groups excluding carboxylic acids is 1. The summed E-state index contributed by atoms with van der Waals surface area (Å²) in [5, 5.41) is 6.95. The Hall–Kier alpha value is -2.32. The molecular formula is C21H26F2N4O2. The molecule has 1 aromatic heterocycles. The van der Waals surface area contributed by atoms with Crippen molar-refractivity contribution in [2.45, 2.75) is 43.9 Å². The summed E-state index contributed by atoms with van der Waals surface area (Å²) < 4.78 is 34.4. The molecule has 1 atom stereocenters. The average molecular weight is 404 g/mol. The second kappa shape index (κ2) is 8.20. The first-order chi connectivity index (χ1) is 13.9. The van der Waals surface area contributed by atoms with E-state index in [1.54, 1.807) is 30.1 Å². The molecule has 1 unspecified atom stereocenters. The molecule has 3 heterocycles. The van der Waals surface area contributed by atoms with Gasteiger partial charge in [0.05, 0.1) is 11.7 Å². The predicted octanol–water partition coefficient (Wildman–Crippen LogP) is 2.64. The van der Waals surface area contributed by atoms with Crippen molar-refractivity contribution in [3.8, 4) is 0 Å². The predicted molar refractivity (Wildman–Crippen MR) is 103 cm³/mol. The van der Waals surface area contributed by atoms with Crippen molar-refractivity contribution in [2.24, 2.45) is 7.05 Å². The van der Waals surface area contributed by atoms with Gasteiger partial charge in [-0.05, 0) is 49.4 Å². The minimum absolute atomic E-state index is 0.0184. The zero-order valence-corrected chi connectivity index (χ0v) is 16.5. The minimum Gasteiger partial charge on any atom is -0.370 e. The topological polar surface area (TPSA) is 59.4 Å². The Morgan fingerprint density at radius 3 is 2.72 bits per heavy atom. The van der Waals surface area contributed by atoms with Crippen molar-refractivity contribution in [1.82, 2.24) is 20.0 Å². The molecule has 0 radical (unpaired) electrons. The summed E-state index contributed by atoms with van der Waals surface area (Å²) in [5.41, 5.74) is 1.18. The third-order valence-electron chi connectivity index (χ3n) is 6.04. The summed E-state index contributed by atoms with van der Waals surface area (Å²) in [4.78, 5) is 14.5. The Bertz CT molecular complexity index is 877. The van der Waals surface area contributed by atoms with Crippen LogP contribution in [0.25, 0.3) is 0 Å². The van der Waals surface area contributed by atoms with E-state index < -0.39 is 11.6 Å². The number of rotatable bonds is 5. The van der Waals surface area contributed by atoms with Crippen molar-refractivity contribution in [2.75, 3.05) is 19.6 Å². The zero-order chi connectivity index (χ0) is 20.4. The summed E-state index contributed by atoms with van der Waals surface area (Å²) in [6.07, 6.45) is 5.34. The molecular weight excluding hydrogens is 378 g/mol. The number of piperidine rings is 1. The number of halogens is 2. The highest BCUT2D eigenvalue weighted by atomic mass is 19.2. The maximum Gasteiger partial charge on any atom is 0.269 e. The van der Waals surface area contributed by atoms with Gasteiger partial charge in [0.25, 0.3) is 5.91 Å². The maximum atomic E-state index is 13.4. The number of likely N-dealkylation sites (tertiary alicyclic amines) is 1. The number of aryl methyl sites for hydroxylation is 1. The van der Waals surface area contributed by atoms with Crippen LogP contribution in [0.1, 0.15) is 41.7 Å². The lowest BCUT2D eigenvalue weighted by molar-refractivity contribution is -0.0764. The summed E-state index contributed by atoms with van der Waals surface area (Å²) in [6, 6.07) is 5.78.